The van der Waals surface area contributed by atoms with E-state index in [0.29, 0.717) is 0 Å². The smallest absolute Gasteiger partial charge is 0.424 e. The average Bonchev–Trinajstić information content (AvgIpc) is 2.82. The number of nitrogens with two attached hydrogens (primary N) is 1. The second kappa shape index (κ2) is 14.6. The molecule has 0 aliphatic rings. The van der Waals surface area contributed by atoms with Gasteiger partial charge < -0.3 is 25.6 Å². The number of alkyl carbamates (subject to hydrolysis) is 1. The molecule has 1 aromatic carbocycles. The molecule has 11 heteroatoms. The Kier molecular flexibility index (Phi) is 13.4. The monoisotopic (exact) mass is 519 g/mol. The number of hydrogen-bond donors (Lipinski definition) is 3. The Morgan fingerprint density at radius 1 is 1.03 bits per heavy atom. The van der Waals surface area contributed by atoms with E-state index in [9.17, 15) is 27.5 Å². The van der Waals surface area contributed by atoms with Crippen LogP contribution in [0.3, 0.4) is 0 Å². The zero-order chi connectivity index (χ0) is 28.2. The molecule has 204 valence electrons. The highest BCUT2D eigenvalue weighted by Gasteiger charge is 2.55. The summed E-state index contributed by atoms with van der Waals surface area (Å²) in [5, 5.41) is 12.6. The lowest BCUT2D eigenvalue weighted by molar-refractivity contribution is -0.263. The van der Waals surface area contributed by atoms with E-state index >= 15 is 0 Å². The first kappa shape index (κ1) is 33.1. The number of ether oxygens (including phenoxy) is 2. The molecular formula is C25H37F4N3O4. The number of aliphatic hydroxyl groups is 1. The Balaban J connectivity index is 0.00000291. The molecule has 1 unspecified atom stereocenters. The van der Waals surface area contributed by atoms with E-state index in [1.54, 1.807) is 20.8 Å². The molecule has 0 aliphatic heterocycles. The lowest BCUT2D eigenvalue weighted by atomic mass is 9.97. The summed E-state index contributed by atoms with van der Waals surface area (Å²) in [6.07, 6.45) is -5.74. The maximum Gasteiger partial charge on any atom is 0.424 e. The van der Waals surface area contributed by atoms with Crippen LogP contribution in [0.15, 0.2) is 36.4 Å². The minimum Gasteiger partial charge on any atom is -0.489 e. The summed E-state index contributed by atoms with van der Waals surface area (Å²) >= 11 is 0. The summed E-state index contributed by atoms with van der Waals surface area (Å²) in [6.45, 7) is 11.9. The van der Waals surface area contributed by atoms with Crippen LogP contribution in [-0.4, -0.2) is 47.7 Å². The van der Waals surface area contributed by atoms with Crippen molar-refractivity contribution in [2.45, 2.75) is 65.8 Å². The van der Waals surface area contributed by atoms with Crippen molar-refractivity contribution in [3.63, 3.8) is 0 Å². The third-order valence-corrected chi connectivity index (χ3v) is 4.19. The fraction of sp³-hybridized carbons (Fsp3) is 0.520. The number of alkyl halides is 3. The molecule has 1 atom stereocenters. The van der Waals surface area contributed by atoms with Crippen LogP contribution >= 0.6 is 0 Å². The quantitative estimate of drug-likeness (QED) is 0.327. The molecule has 4 N–H and O–H groups in total. The van der Waals surface area contributed by atoms with Gasteiger partial charge in [0.05, 0.1) is 12.2 Å². The SMILES string of the molecule is CC.CC.CC(C)(C)OC(=O)NCCOc1ccc(C(O)(CN)C(F)(F)F)nc1-c1ccc(F)cc1. The van der Waals surface area contributed by atoms with Crippen LogP contribution in [0.5, 0.6) is 5.75 Å². The third-order valence-electron chi connectivity index (χ3n) is 4.19. The van der Waals surface area contributed by atoms with Crippen molar-refractivity contribution >= 4 is 6.09 Å². The summed E-state index contributed by atoms with van der Waals surface area (Å²) in [6, 6.07) is 6.97. The maximum atomic E-state index is 13.4. The summed E-state index contributed by atoms with van der Waals surface area (Å²) in [5.74, 6) is -0.490. The molecule has 0 radical (unpaired) electrons. The van der Waals surface area contributed by atoms with Crippen molar-refractivity contribution < 1.29 is 36.9 Å². The first-order valence-corrected chi connectivity index (χ1v) is 11.6. The van der Waals surface area contributed by atoms with Crippen LogP contribution in [0.4, 0.5) is 22.4 Å². The van der Waals surface area contributed by atoms with Crippen molar-refractivity contribution in [2.24, 2.45) is 5.73 Å². The van der Waals surface area contributed by atoms with Crippen LogP contribution in [0.2, 0.25) is 0 Å². The number of rotatable bonds is 7. The number of nitrogens with zero attached hydrogens (tertiary/aromatic N) is 1. The van der Waals surface area contributed by atoms with E-state index in [-0.39, 0.29) is 30.2 Å². The highest BCUT2D eigenvalue weighted by molar-refractivity contribution is 5.68. The van der Waals surface area contributed by atoms with Gasteiger partial charge in [-0.3, -0.25) is 0 Å². The molecule has 0 saturated carbocycles. The van der Waals surface area contributed by atoms with Gasteiger partial charge in [0.15, 0.2) is 0 Å². The number of pyridine rings is 1. The molecule has 0 saturated heterocycles. The van der Waals surface area contributed by atoms with E-state index in [2.05, 4.69) is 10.3 Å². The fourth-order valence-corrected chi connectivity index (χ4v) is 2.60. The number of halogens is 4. The number of benzene rings is 1. The topological polar surface area (TPSA) is 107 Å². The predicted octanol–water partition coefficient (Wildman–Crippen LogP) is 5.55. The molecule has 0 fully saturated rings. The zero-order valence-electron chi connectivity index (χ0n) is 21.8. The normalized spacial score (nSPS) is 12.7. The molecule has 7 nitrogen and oxygen atoms in total. The molecule has 2 aromatic rings. The fourth-order valence-electron chi connectivity index (χ4n) is 2.60. The number of hydrogen-bond acceptors (Lipinski definition) is 6. The van der Waals surface area contributed by atoms with Crippen LogP contribution in [0.1, 0.15) is 54.2 Å². The lowest BCUT2D eigenvalue weighted by Gasteiger charge is -2.29. The van der Waals surface area contributed by atoms with E-state index in [1.165, 1.54) is 18.2 Å². The number of amides is 1. The number of nitrogens with one attached hydrogen (secondary N) is 1. The van der Waals surface area contributed by atoms with Crippen LogP contribution in [0, 0.1) is 5.82 Å². The second-order valence-corrected chi connectivity index (χ2v) is 7.89. The first-order chi connectivity index (χ1) is 16.8. The Hall–Kier alpha value is -2.92. The third kappa shape index (κ3) is 9.62. The Morgan fingerprint density at radius 2 is 1.58 bits per heavy atom. The Bertz CT molecular complexity index is 932. The summed E-state index contributed by atoms with van der Waals surface area (Å²) < 4.78 is 64.2. The standard InChI is InChI=1S/C21H25F4N3O4.2C2H6/c1-19(2,3)32-18(29)27-10-11-31-15-8-9-16(20(30,12-26)21(23,24)25)28-17(15)13-4-6-14(22)7-5-13;2*1-2/h4-9,30H,10-12,26H2,1-3H3,(H,27,29);2*1-2H3. The van der Waals surface area contributed by atoms with Gasteiger partial charge in [-0.1, -0.05) is 27.7 Å². The van der Waals surface area contributed by atoms with Crippen molar-refractivity contribution in [2.75, 3.05) is 19.7 Å². The first-order valence-electron chi connectivity index (χ1n) is 11.6. The van der Waals surface area contributed by atoms with Gasteiger partial charge in [-0.2, -0.15) is 13.2 Å². The lowest BCUT2D eigenvalue weighted by Crippen LogP contribution is -2.49. The molecule has 1 heterocycles. The Morgan fingerprint density at radius 3 is 2.06 bits per heavy atom. The van der Waals surface area contributed by atoms with E-state index in [4.69, 9.17) is 15.2 Å². The van der Waals surface area contributed by atoms with E-state index < -0.39 is 41.5 Å². The maximum absolute atomic E-state index is 13.4. The van der Waals surface area contributed by atoms with Crippen molar-refractivity contribution in [1.29, 1.82) is 0 Å². The van der Waals surface area contributed by atoms with Crippen LogP contribution < -0.4 is 15.8 Å². The number of aromatic nitrogens is 1. The molecule has 1 amide bonds. The van der Waals surface area contributed by atoms with E-state index in [0.717, 1.165) is 18.2 Å². The van der Waals surface area contributed by atoms with Gasteiger partial charge in [-0.05, 0) is 57.2 Å². The largest absolute Gasteiger partial charge is 0.489 e. The van der Waals surface area contributed by atoms with Gasteiger partial charge in [-0.25, -0.2) is 14.2 Å². The average molecular weight is 520 g/mol. The summed E-state index contributed by atoms with van der Waals surface area (Å²) in [7, 11) is 0. The van der Waals surface area contributed by atoms with Gasteiger partial charge in [-0.15, -0.1) is 0 Å². The van der Waals surface area contributed by atoms with Crippen LogP contribution in [0.25, 0.3) is 11.3 Å². The molecule has 36 heavy (non-hydrogen) atoms. The van der Waals surface area contributed by atoms with E-state index in [1.807, 2.05) is 27.7 Å². The minimum atomic E-state index is -5.07. The van der Waals surface area contributed by atoms with Gasteiger partial charge >= 0.3 is 12.3 Å². The highest BCUT2D eigenvalue weighted by Crippen LogP contribution is 2.39. The molecule has 2 rings (SSSR count). The highest BCUT2D eigenvalue weighted by atomic mass is 19.4. The molecule has 0 spiro atoms. The molecular weight excluding hydrogens is 482 g/mol. The van der Waals surface area contributed by atoms with Gasteiger partial charge in [0.1, 0.15) is 29.5 Å². The Labute approximate surface area is 210 Å². The molecule has 0 aliphatic carbocycles. The zero-order valence-corrected chi connectivity index (χ0v) is 21.8. The molecule has 0 bridgehead atoms. The van der Waals surface area contributed by atoms with Crippen LogP contribution in [-0.2, 0) is 10.3 Å². The summed E-state index contributed by atoms with van der Waals surface area (Å²) in [4.78, 5) is 15.6. The van der Waals surface area contributed by atoms with Crippen molar-refractivity contribution in [3.8, 4) is 17.0 Å². The van der Waals surface area contributed by atoms with Gasteiger partial charge in [0, 0.05) is 12.1 Å². The van der Waals surface area contributed by atoms with Crippen molar-refractivity contribution in [3.05, 3.63) is 47.9 Å². The minimum absolute atomic E-state index is 0.0365. The predicted molar refractivity (Wildman–Crippen MR) is 131 cm³/mol. The van der Waals surface area contributed by atoms with Gasteiger partial charge in [0.2, 0.25) is 5.60 Å². The second-order valence-electron chi connectivity index (χ2n) is 7.89. The summed E-state index contributed by atoms with van der Waals surface area (Å²) in [5.41, 5.74) is 0.606. The molecule has 1 aromatic heterocycles. The van der Waals surface area contributed by atoms with Crippen molar-refractivity contribution in [1.82, 2.24) is 10.3 Å². The number of carbonyl (C=O) groups excluding carboxylic acids is 1. The van der Waals surface area contributed by atoms with Gasteiger partial charge in [0.25, 0.3) is 0 Å². The number of carbonyl (C=O) groups is 1.